The van der Waals surface area contributed by atoms with Crippen LogP contribution in [0.3, 0.4) is 0 Å². The largest absolute Gasteiger partial charge is 0.208 e. The minimum atomic E-state index is 0.596. The van der Waals surface area contributed by atoms with Gasteiger partial charge < -0.3 is 0 Å². The summed E-state index contributed by atoms with van der Waals surface area (Å²) in [5, 5.41) is 5.30. The van der Waals surface area contributed by atoms with Gasteiger partial charge in [0.05, 0.1) is 0 Å². The molecule has 0 spiro atoms. The molecule has 6 rings (SSSR count). The van der Waals surface area contributed by atoms with E-state index in [1.807, 2.05) is 48.5 Å². The Kier molecular flexibility index (Phi) is 4.82. The van der Waals surface area contributed by atoms with Gasteiger partial charge in [-0.3, -0.25) is 0 Å². The second kappa shape index (κ2) is 8.12. The zero-order valence-corrected chi connectivity index (χ0v) is 18.4. The summed E-state index contributed by atoms with van der Waals surface area (Å²) < 4.78 is 0. The van der Waals surface area contributed by atoms with Crippen LogP contribution in [0.1, 0.15) is 0 Å². The van der Waals surface area contributed by atoms with Gasteiger partial charge >= 0.3 is 0 Å². The van der Waals surface area contributed by atoms with Crippen LogP contribution in [0.15, 0.2) is 109 Å². The smallest absolute Gasteiger partial charge is 0.164 e. The second-order valence-electron chi connectivity index (χ2n) is 7.94. The molecule has 1 aromatic heterocycles. The van der Waals surface area contributed by atoms with Crippen molar-refractivity contribution in [2.75, 3.05) is 0 Å². The third-order valence-corrected chi connectivity index (χ3v) is 5.97. The van der Waals surface area contributed by atoms with Crippen LogP contribution in [0.2, 0.25) is 5.02 Å². The van der Waals surface area contributed by atoms with E-state index in [-0.39, 0.29) is 0 Å². The maximum atomic E-state index is 6.27. The molecule has 0 aliphatic heterocycles. The van der Waals surface area contributed by atoms with Gasteiger partial charge in [0.15, 0.2) is 17.5 Å². The fourth-order valence-electron chi connectivity index (χ4n) is 4.05. The van der Waals surface area contributed by atoms with Gasteiger partial charge in [0, 0.05) is 21.7 Å². The van der Waals surface area contributed by atoms with E-state index in [1.54, 1.807) is 0 Å². The lowest BCUT2D eigenvalue weighted by Gasteiger charge is -2.10. The summed E-state index contributed by atoms with van der Waals surface area (Å²) in [5.74, 6) is 1.86. The molecule has 6 aromatic rings. The minimum absolute atomic E-state index is 0.596. The molecule has 0 saturated heterocycles. The second-order valence-corrected chi connectivity index (χ2v) is 8.38. The Bertz CT molecular complexity index is 1540. The summed E-state index contributed by atoms with van der Waals surface area (Å²) in [6.07, 6.45) is 0. The normalized spacial score (nSPS) is 11.2. The number of nitrogens with zero attached hydrogens (tertiary/aromatic N) is 3. The first-order chi connectivity index (χ1) is 16.2. The summed E-state index contributed by atoms with van der Waals surface area (Å²) in [7, 11) is 0. The molecule has 0 atom stereocenters. The highest BCUT2D eigenvalue weighted by atomic mass is 35.5. The molecule has 5 aromatic carbocycles. The lowest BCUT2D eigenvalue weighted by atomic mass is 10.1. The number of benzene rings is 5. The highest BCUT2D eigenvalue weighted by Gasteiger charge is 2.13. The van der Waals surface area contributed by atoms with Crippen molar-refractivity contribution in [2.45, 2.75) is 0 Å². The molecular weight excluding hydrogens is 426 g/mol. The molecule has 0 unspecified atom stereocenters. The summed E-state index contributed by atoms with van der Waals surface area (Å²) in [4.78, 5) is 14.5. The average Bonchev–Trinajstić information content (AvgIpc) is 2.88. The number of fused-ring (bicyclic) bond motifs is 2. The highest BCUT2D eigenvalue weighted by Crippen LogP contribution is 2.29. The van der Waals surface area contributed by atoms with Gasteiger partial charge in [-0.25, -0.2) is 15.0 Å². The lowest BCUT2D eigenvalue weighted by molar-refractivity contribution is 1.08. The van der Waals surface area contributed by atoms with Crippen LogP contribution < -0.4 is 0 Å². The average molecular weight is 444 g/mol. The van der Waals surface area contributed by atoms with Crippen LogP contribution in [0.25, 0.3) is 55.7 Å². The monoisotopic (exact) mass is 443 g/mol. The van der Waals surface area contributed by atoms with Gasteiger partial charge in [-0.05, 0) is 45.8 Å². The van der Waals surface area contributed by atoms with Crippen molar-refractivity contribution >= 4 is 33.1 Å². The van der Waals surface area contributed by atoms with Crippen LogP contribution in [-0.2, 0) is 0 Å². The molecule has 33 heavy (non-hydrogen) atoms. The van der Waals surface area contributed by atoms with Crippen molar-refractivity contribution in [3.8, 4) is 34.2 Å². The van der Waals surface area contributed by atoms with Gasteiger partial charge in [0.2, 0.25) is 0 Å². The Morgan fingerprint density at radius 3 is 1.33 bits per heavy atom. The first-order valence-electron chi connectivity index (χ1n) is 10.7. The molecule has 3 nitrogen and oxygen atoms in total. The third-order valence-electron chi connectivity index (χ3n) is 5.73. The summed E-state index contributed by atoms with van der Waals surface area (Å²) >= 11 is 6.27. The van der Waals surface area contributed by atoms with Gasteiger partial charge in [-0.15, -0.1) is 0 Å². The van der Waals surface area contributed by atoms with E-state index in [1.165, 1.54) is 10.8 Å². The molecule has 0 bridgehead atoms. The van der Waals surface area contributed by atoms with Crippen LogP contribution in [0.5, 0.6) is 0 Å². The van der Waals surface area contributed by atoms with Crippen LogP contribution >= 0.6 is 11.6 Å². The van der Waals surface area contributed by atoms with Gasteiger partial charge in [0.25, 0.3) is 0 Å². The van der Waals surface area contributed by atoms with Gasteiger partial charge in [-0.1, -0.05) is 96.5 Å². The maximum absolute atomic E-state index is 6.27. The molecule has 0 radical (unpaired) electrons. The Hall–Kier alpha value is -4.08. The van der Waals surface area contributed by atoms with Crippen molar-refractivity contribution in [1.29, 1.82) is 0 Å². The summed E-state index contributed by atoms with van der Waals surface area (Å²) in [6.45, 7) is 0. The Balaban J connectivity index is 1.57. The van der Waals surface area contributed by atoms with E-state index in [0.717, 1.165) is 27.5 Å². The summed E-state index contributed by atoms with van der Waals surface area (Å²) in [5.41, 5.74) is 2.75. The van der Waals surface area contributed by atoms with Gasteiger partial charge in [0.1, 0.15) is 0 Å². The zero-order chi connectivity index (χ0) is 22.2. The molecule has 1 heterocycles. The van der Waals surface area contributed by atoms with E-state index < -0.39 is 0 Å². The standard InChI is InChI=1S/C29H18ClN3/c30-26-11-5-10-23(18-26)27-31-28(24-14-12-19-6-1-3-8-21(19)16-24)33-29(32-27)25-15-13-20-7-2-4-9-22(20)17-25/h1-18H. The van der Waals surface area contributed by atoms with Crippen molar-refractivity contribution < 1.29 is 0 Å². The number of rotatable bonds is 3. The van der Waals surface area contributed by atoms with Crippen LogP contribution in [0.4, 0.5) is 0 Å². The Morgan fingerprint density at radius 2 is 0.848 bits per heavy atom. The molecule has 0 aliphatic carbocycles. The molecule has 0 amide bonds. The van der Waals surface area contributed by atoms with E-state index in [4.69, 9.17) is 26.6 Å². The summed E-state index contributed by atoms with van der Waals surface area (Å²) in [6, 6.07) is 36.7. The molecule has 0 fully saturated rings. The van der Waals surface area contributed by atoms with Crippen LogP contribution in [0, 0.1) is 0 Å². The molecule has 4 heteroatoms. The van der Waals surface area contributed by atoms with Crippen molar-refractivity contribution in [2.24, 2.45) is 0 Å². The molecule has 156 valence electrons. The molecule has 0 N–H and O–H groups in total. The first-order valence-corrected chi connectivity index (χ1v) is 11.1. The highest BCUT2D eigenvalue weighted by molar-refractivity contribution is 6.30. The number of aromatic nitrogens is 3. The maximum Gasteiger partial charge on any atom is 0.164 e. The zero-order valence-electron chi connectivity index (χ0n) is 17.6. The quantitative estimate of drug-likeness (QED) is 0.279. The minimum Gasteiger partial charge on any atom is -0.208 e. The molecular formula is C29H18ClN3. The molecule has 0 aliphatic rings. The number of halogens is 1. The van der Waals surface area contributed by atoms with E-state index in [2.05, 4.69) is 60.7 Å². The third kappa shape index (κ3) is 3.84. The fourth-order valence-corrected chi connectivity index (χ4v) is 4.24. The van der Waals surface area contributed by atoms with E-state index >= 15 is 0 Å². The van der Waals surface area contributed by atoms with Crippen molar-refractivity contribution in [3.63, 3.8) is 0 Å². The Morgan fingerprint density at radius 1 is 0.394 bits per heavy atom. The van der Waals surface area contributed by atoms with E-state index in [0.29, 0.717) is 22.5 Å². The number of hydrogen-bond acceptors (Lipinski definition) is 3. The Labute approximate surface area is 196 Å². The van der Waals surface area contributed by atoms with Crippen LogP contribution in [-0.4, -0.2) is 15.0 Å². The molecule has 0 saturated carbocycles. The topological polar surface area (TPSA) is 38.7 Å². The van der Waals surface area contributed by atoms with Crippen molar-refractivity contribution in [1.82, 2.24) is 15.0 Å². The fraction of sp³-hybridized carbons (Fsp3) is 0. The van der Waals surface area contributed by atoms with E-state index in [9.17, 15) is 0 Å². The lowest BCUT2D eigenvalue weighted by Crippen LogP contribution is -2.00. The predicted molar refractivity (Wildman–Crippen MR) is 136 cm³/mol. The first kappa shape index (κ1) is 19.6. The van der Waals surface area contributed by atoms with Crippen molar-refractivity contribution in [3.05, 3.63) is 114 Å². The predicted octanol–water partition coefficient (Wildman–Crippen LogP) is 7.83. The van der Waals surface area contributed by atoms with Gasteiger partial charge in [-0.2, -0.15) is 0 Å². The SMILES string of the molecule is Clc1cccc(-c2nc(-c3ccc4ccccc4c3)nc(-c3ccc4ccccc4c3)n2)c1. The number of hydrogen-bond donors (Lipinski definition) is 0.